The van der Waals surface area contributed by atoms with Gasteiger partial charge in [0.15, 0.2) is 0 Å². The first-order chi connectivity index (χ1) is 9.85. The Hall–Kier alpha value is -1.16. The molecule has 1 aromatic heterocycles. The molecule has 1 aromatic rings. The van der Waals surface area contributed by atoms with Gasteiger partial charge in [-0.05, 0) is 45.4 Å². The second-order valence-corrected chi connectivity index (χ2v) is 7.54. The van der Waals surface area contributed by atoms with E-state index in [1.54, 1.807) is 0 Å². The van der Waals surface area contributed by atoms with Crippen molar-refractivity contribution in [3.05, 3.63) is 18.1 Å². The predicted octanol–water partition coefficient (Wildman–Crippen LogP) is 3.24. The fraction of sp³-hybridized carbons (Fsp3) is 0.765. The molecule has 0 atom stereocenters. The highest BCUT2D eigenvalue weighted by atomic mass is 15.2. The van der Waals surface area contributed by atoms with E-state index >= 15 is 0 Å². The molecule has 0 spiro atoms. The third kappa shape index (κ3) is 4.95. The van der Waals surface area contributed by atoms with Gasteiger partial charge in [-0.25, -0.2) is 4.98 Å². The first kappa shape index (κ1) is 16.2. The van der Waals surface area contributed by atoms with Crippen LogP contribution >= 0.6 is 0 Å². The zero-order valence-corrected chi connectivity index (χ0v) is 14.2. The molecule has 2 rings (SSSR count). The average Bonchev–Trinajstić information content (AvgIpc) is 2.45. The molecule has 1 aliphatic rings. The lowest BCUT2D eigenvalue weighted by atomic mass is 9.87. The van der Waals surface area contributed by atoms with Gasteiger partial charge in [0.1, 0.15) is 5.82 Å². The van der Waals surface area contributed by atoms with Crippen LogP contribution in [0.2, 0.25) is 0 Å². The summed E-state index contributed by atoms with van der Waals surface area (Å²) in [6, 6.07) is 0. The van der Waals surface area contributed by atoms with Gasteiger partial charge in [0.25, 0.3) is 0 Å². The van der Waals surface area contributed by atoms with Gasteiger partial charge in [-0.3, -0.25) is 4.98 Å². The number of rotatable bonds is 4. The summed E-state index contributed by atoms with van der Waals surface area (Å²) in [7, 11) is 0. The summed E-state index contributed by atoms with van der Waals surface area (Å²) in [5, 5.41) is 3.44. The van der Waals surface area contributed by atoms with Gasteiger partial charge in [-0.2, -0.15) is 0 Å². The van der Waals surface area contributed by atoms with Crippen molar-refractivity contribution < 1.29 is 0 Å². The van der Waals surface area contributed by atoms with Crippen molar-refractivity contribution in [2.45, 2.75) is 59.5 Å². The van der Waals surface area contributed by atoms with Crippen LogP contribution in [0.3, 0.4) is 0 Å². The van der Waals surface area contributed by atoms with Gasteiger partial charge in [0.05, 0.1) is 18.1 Å². The second-order valence-electron chi connectivity index (χ2n) is 7.54. The molecule has 4 heteroatoms. The maximum Gasteiger partial charge on any atom is 0.147 e. The normalized spacial score (nSPS) is 17.5. The van der Waals surface area contributed by atoms with Crippen LogP contribution in [-0.2, 0) is 6.54 Å². The van der Waals surface area contributed by atoms with E-state index < -0.39 is 0 Å². The monoisotopic (exact) mass is 290 g/mol. The Morgan fingerprint density at radius 3 is 2.33 bits per heavy atom. The lowest BCUT2D eigenvalue weighted by Crippen LogP contribution is -2.36. The molecule has 4 nitrogen and oxygen atoms in total. The zero-order valence-electron chi connectivity index (χ0n) is 14.2. The van der Waals surface area contributed by atoms with Gasteiger partial charge in [-0.15, -0.1) is 0 Å². The summed E-state index contributed by atoms with van der Waals surface area (Å²) in [5.74, 6) is 2.69. The zero-order chi connectivity index (χ0) is 15.5. The summed E-state index contributed by atoms with van der Waals surface area (Å²) < 4.78 is 0. The Bertz CT molecular complexity index is 425. The van der Waals surface area contributed by atoms with Crippen LogP contribution in [0, 0.1) is 11.8 Å². The Morgan fingerprint density at radius 1 is 1.19 bits per heavy atom. The van der Waals surface area contributed by atoms with Crippen molar-refractivity contribution in [2.75, 3.05) is 18.0 Å². The Labute approximate surface area is 129 Å². The molecule has 118 valence electrons. The lowest BCUT2D eigenvalue weighted by molar-refractivity contribution is 0.310. The smallest absolute Gasteiger partial charge is 0.147 e. The second kappa shape index (κ2) is 6.73. The van der Waals surface area contributed by atoms with Crippen molar-refractivity contribution in [3.63, 3.8) is 0 Å². The highest BCUT2D eigenvalue weighted by molar-refractivity contribution is 5.36. The molecule has 0 radical (unpaired) electrons. The molecule has 1 aliphatic heterocycles. The fourth-order valence-corrected chi connectivity index (χ4v) is 2.75. The van der Waals surface area contributed by atoms with Crippen LogP contribution in [0.25, 0.3) is 0 Å². The Kier molecular flexibility index (Phi) is 5.20. The van der Waals surface area contributed by atoms with Gasteiger partial charge < -0.3 is 10.2 Å². The minimum atomic E-state index is 0.110. The SMILES string of the molecule is CC(C)C1CCN(c2cnc(CNC(C)(C)C)cn2)CC1. The summed E-state index contributed by atoms with van der Waals surface area (Å²) in [4.78, 5) is 11.5. The van der Waals surface area contributed by atoms with Gasteiger partial charge >= 0.3 is 0 Å². The van der Waals surface area contributed by atoms with Crippen LogP contribution < -0.4 is 10.2 Å². The van der Waals surface area contributed by atoms with E-state index in [2.05, 4.69) is 54.8 Å². The number of piperidine rings is 1. The summed E-state index contributed by atoms with van der Waals surface area (Å²) in [6.45, 7) is 14.1. The number of anilines is 1. The molecular weight excluding hydrogens is 260 g/mol. The number of hydrogen-bond donors (Lipinski definition) is 1. The van der Waals surface area contributed by atoms with Crippen molar-refractivity contribution in [1.29, 1.82) is 0 Å². The van der Waals surface area contributed by atoms with Crippen LogP contribution in [0.5, 0.6) is 0 Å². The first-order valence-corrected chi connectivity index (χ1v) is 8.16. The van der Waals surface area contributed by atoms with E-state index in [-0.39, 0.29) is 5.54 Å². The molecule has 1 N–H and O–H groups in total. The average molecular weight is 290 g/mol. The Morgan fingerprint density at radius 2 is 1.86 bits per heavy atom. The van der Waals surface area contributed by atoms with E-state index in [9.17, 15) is 0 Å². The maximum atomic E-state index is 4.60. The van der Waals surface area contributed by atoms with Crippen molar-refractivity contribution in [2.24, 2.45) is 11.8 Å². The van der Waals surface area contributed by atoms with Crippen LogP contribution in [-0.4, -0.2) is 28.6 Å². The van der Waals surface area contributed by atoms with Crippen LogP contribution in [0.1, 0.15) is 53.2 Å². The van der Waals surface area contributed by atoms with Crippen molar-refractivity contribution >= 4 is 5.82 Å². The first-order valence-electron chi connectivity index (χ1n) is 8.16. The third-order valence-electron chi connectivity index (χ3n) is 4.30. The molecule has 1 saturated heterocycles. The molecule has 0 aliphatic carbocycles. The molecule has 0 bridgehead atoms. The topological polar surface area (TPSA) is 41.1 Å². The minimum Gasteiger partial charge on any atom is -0.355 e. The van der Waals surface area contributed by atoms with E-state index in [4.69, 9.17) is 0 Å². The molecule has 0 amide bonds. The minimum absolute atomic E-state index is 0.110. The molecule has 21 heavy (non-hydrogen) atoms. The third-order valence-corrected chi connectivity index (χ3v) is 4.30. The van der Waals surface area contributed by atoms with E-state index in [1.807, 2.05) is 12.4 Å². The molecule has 0 unspecified atom stereocenters. The van der Waals surface area contributed by atoms with Crippen molar-refractivity contribution in [3.8, 4) is 0 Å². The van der Waals surface area contributed by atoms with Crippen molar-refractivity contribution in [1.82, 2.24) is 15.3 Å². The quantitative estimate of drug-likeness (QED) is 0.924. The summed E-state index contributed by atoms with van der Waals surface area (Å²) in [5.41, 5.74) is 1.12. The number of nitrogens with zero attached hydrogens (tertiary/aromatic N) is 3. The number of nitrogens with one attached hydrogen (secondary N) is 1. The number of aromatic nitrogens is 2. The lowest BCUT2D eigenvalue weighted by Gasteiger charge is -2.34. The van der Waals surface area contributed by atoms with Crippen LogP contribution in [0.4, 0.5) is 5.82 Å². The number of hydrogen-bond acceptors (Lipinski definition) is 4. The largest absolute Gasteiger partial charge is 0.355 e. The molecule has 1 fully saturated rings. The van der Waals surface area contributed by atoms with Crippen LogP contribution in [0.15, 0.2) is 12.4 Å². The van der Waals surface area contributed by atoms with Gasteiger partial charge in [0, 0.05) is 25.2 Å². The highest BCUT2D eigenvalue weighted by Gasteiger charge is 2.22. The standard InChI is InChI=1S/C17H30N4/c1-13(2)14-6-8-21(9-7-14)16-12-18-15(10-19-16)11-20-17(3,4)5/h10,12-14,20H,6-9,11H2,1-5H3. The van der Waals surface area contributed by atoms with E-state index in [1.165, 1.54) is 12.8 Å². The van der Waals surface area contributed by atoms with Gasteiger partial charge in [-0.1, -0.05) is 13.8 Å². The Balaban J connectivity index is 1.88. The summed E-state index contributed by atoms with van der Waals surface area (Å²) >= 11 is 0. The molecule has 0 saturated carbocycles. The molecule has 2 heterocycles. The maximum absolute atomic E-state index is 4.60. The molecular formula is C17H30N4. The fourth-order valence-electron chi connectivity index (χ4n) is 2.75. The van der Waals surface area contributed by atoms with E-state index in [0.29, 0.717) is 0 Å². The molecule has 0 aromatic carbocycles. The van der Waals surface area contributed by atoms with E-state index in [0.717, 1.165) is 43.0 Å². The highest BCUT2D eigenvalue weighted by Crippen LogP contribution is 2.26. The predicted molar refractivity (Wildman–Crippen MR) is 88.4 cm³/mol. The summed E-state index contributed by atoms with van der Waals surface area (Å²) in [6.07, 6.45) is 6.37. The van der Waals surface area contributed by atoms with Gasteiger partial charge in [0.2, 0.25) is 0 Å².